The summed E-state index contributed by atoms with van der Waals surface area (Å²) in [6, 6.07) is 13.3. The van der Waals surface area contributed by atoms with E-state index in [-0.39, 0.29) is 0 Å². The van der Waals surface area contributed by atoms with Gasteiger partial charge in [0.25, 0.3) is 0 Å². The number of hydrogen-bond acceptors (Lipinski definition) is 2. The molecule has 1 aliphatic carbocycles. The summed E-state index contributed by atoms with van der Waals surface area (Å²) in [5.41, 5.74) is 4.72. The molecule has 2 aromatic carbocycles. The van der Waals surface area contributed by atoms with Crippen molar-refractivity contribution in [3.05, 3.63) is 59.2 Å². The van der Waals surface area contributed by atoms with E-state index in [1.54, 1.807) is 18.2 Å². The van der Waals surface area contributed by atoms with Crippen LogP contribution < -0.4 is 5.32 Å². The second-order valence-corrected chi connectivity index (χ2v) is 5.36. The molecule has 0 aliphatic heterocycles. The highest BCUT2D eigenvalue weighted by molar-refractivity contribution is 5.89. The van der Waals surface area contributed by atoms with E-state index in [1.807, 2.05) is 6.07 Å². The van der Waals surface area contributed by atoms with Crippen molar-refractivity contribution in [1.82, 2.24) is 0 Å². The summed E-state index contributed by atoms with van der Waals surface area (Å²) in [5, 5.41) is 12.3. The monoisotopic (exact) mass is 267 g/mol. The number of aryl methyl sites for hydroxylation is 1. The van der Waals surface area contributed by atoms with Crippen molar-refractivity contribution in [2.75, 3.05) is 5.32 Å². The Bertz CT molecular complexity index is 660. The van der Waals surface area contributed by atoms with E-state index >= 15 is 0 Å². The maximum atomic E-state index is 11.0. The van der Waals surface area contributed by atoms with Crippen molar-refractivity contribution in [3.8, 4) is 0 Å². The number of hydrogen-bond donors (Lipinski definition) is 2. The second-order valence-electron chi connectivity index (χ2n) is 5.36. The third-order valence-electron chi connectivity index (χ3n) is 3.69. The molecule has 0 saturated heterocycles. The molecule has 3 rings (SSSR count). The van der Waals surface area contributed by atoms with Gasteiger partial charge in [-0.1, -0.05) is 18.2 Å². The van der Waals surface area contributed by atoms with E-state index in [0.717, 1.165) is 17.3 Å². The van der Waals surface area contributed by atoms with Gasteiger partial charge in [0.15, 0.2) is 0 Å². The smallest absolute Gasteiger partial charge is 0.335 e. The minimum Gasteiger partial charge on any atom is -0.478 e. The summed E-state index contributed by atoms with van der Waals surface area (Å²) < 4.78 is 0. The summed E-state index contributed by atoms with van der Waals surface area (Å²) in [6.07, 6.45) is 2.60. The normalized spacial score (nSPS) is 14.1. The number of rotatable bonds is 4. The van der Waals surface area contributed by atoms with Crippen LogP contribution in [0.25, 0.3) is 0 Å². The van der Waals surface area contributed by atoms with Gasteiger partial charge in [-0.05, 0) is 61.1 Å². The molecule has 0 unspecified atom stereocenters. The molecule has 0 bridgehead atoms. The molecule has 0 amide bonds. The van der Waals surface area contributed by atoms with E-state index in [4.69, 9.17) is 5.11 Å². The van der Waals surface area contributed by atoms with Crippen molar-refractivity contribution < 1.29 is 9.90 Å². The number of nitrogens with one attached hydrogen (secondary N) is 1. The van der Waals surface area contributed by atoms with Gasteiger partial charge >= 0.3 is 5.97 Å². The molecule has 0 radical (unpaired) electrons. The first kappa shape index (κ1) is 12.7. The second kappa shape index (κ2) is 5.00. The van der Waals surface area contributed by atoms with Crippen LogP contribution in [0.15, 0.2) is 42.5 Å². The van der Waals surface area contributed by atoms with Crippen molar-refractivity contribution in [2.24, 2.45) is 0 Å². The quantitative estimate of drug-likeness (QED) is 0.867. The zero-order chi connectivity index (χ0) is 14.1. The lowest BCUT2D eigenvalue weighted by Crippen LogP contribution is -1.99. The lowest BCUT2D eigenvalue weighted by molar-refractivity contribution is 0.0697. The van der Waals surface area contributed by atoms with Gasteiger partial charge in [-0.3, -0.25) is 0 Å². The first-order chi connectivity index (χ1) is 9.63. The molecule has 102 valence electrons. The topological polar surface area (TPSA) is 49.3 Å². The maximum absolute atomic E-state index is 11.0. The van der Waals surface area contributed by atoms with Gasteiger partial charge < -0.3 is 10.4 Å². The van der Waals surface area contributed by atoms with Crippen LogP contribution in [0.4, 0.5) is 11.4 Å². The van der Waals surface area contributed by atoms with Crippen molar-refractivity contribution in [1.29, 1.82) is 0 Å². The molecule has 0 aromatic heterocycles. The van der Waals surface area contributed by atoms with E-state index in [2.05, 4.69) is 30.4 Å². The summed E-state index contributed by atoms with van der Waals surface area (Å²) in [6.45, 7) is 2.08. The maximum Gasteiger partial charge on any atom is 0.335 e. The molecular weight excluding hydrogens is 250 g/mol. The van der Waals surface area contributed by atoms with E-state index in [9.17, 15) is 4.79 Å². The first-order valence-corrected chi connectivity index (χ1v) is 6.84. The molecular formula is C17H17NO2. The van der Waals surface area contributed by atoms with Gasteiger partial charge in [-0.2, -0.15) is 0 Å². The van der Waals surface area contributed by atoms with Crippen LogP contribution >= 0.6 is 0 Å². The van der Waals surface area contributed by atoms with Gasteiger partial charge in [-0.25, -0.2) is 4.79 Å². The molecule has 3 heteroatoms. The van der Waals surface area contributed by atoms with Gasteiger partial charge in [0, 0.05) is 11.4 Å². The highest BCUT2D eigenvalue weighted by Crippen LogP contribution is 2.41. The highest BCUT2D eigenvalue weighted by atomic mass is 16.4. The van der Waals surface area contributed by atoms with Crippen LogP contribution in [-0.4, -0.2) is 11.1 Å². The largest absolute Gasteiger partial charge is 0.478 e. The number of benzene rings is 2. The number of carboxylic acid groups (broad SMARTS) is 1. The Morgan fingerprint density at radius 3 is 2.65 bits per heavy atom. The van der Waals surface area contributed by atoms with Crippen LogP contribution in [0, 0.1) is 6.92 Å². The van der Waals surface area contributed by atoms with E-state index < -0.39 is 5.97 Å². The van der Waals surface area contributed by atoms with Crippen molar-refractivity contribution in [3.63, 3.8) is 0 Å². The predicted octanol–water partition coefficient (Wildman–Crippen LogP) is 4.31. The molecule has 0 spiro atoms. The van der Waals surface area contributed by atoms with Gasteiger partial charge in [0.05, 0.1) is 5.56 Å². The average Bonchev–Trinajstić information content (AvgIpc) is 3.26. The zero-order valence-electron chi connectivity index (χ0n) is 11.4. The number of carbonyl (C=O) groups is 1. The summed E-state index contributed by atoms with van der Waals surface area (Å²) >= 11 is 0. The lowest BCUT2D eigenvalue weighted by Gasteiger charge is -2.11. The molecule has 1 fully saturated rings. The molecule has 3 nitrogen and oxygen atoms in total. The number of anilines is 2. The fraction of sp³-hybridized carbons (Fsp3) is 0.235. The Hall–Kier alpha value is -2.29. The van der Waals surface area contributed by atoms with Crippen LogP contribution in [0.3, 0.4) is 0 Å². The fourth-order valence-corrected chi connectivity index (χ4v) is 2.38. The Kier molecular flexibility index (Phi) is 3.18. The van der Waals surface area contributed by atoms with Crippen LogP contribution in [0.2, 0.25) is 0 Å². The third-order valence-corrected chi connectivity index (χ3v) is 3.69. The van der Waals surface area contributed by atoms with E-state index in [0.29, 0.717) is 5.56 Å². The predicted molar refractivity (Wildman–Crippen MR) is 79.8 cm³/mol. The molecule has 0 heterocycles. The van der Waals surface area contributed by atoms with Crippen LogP contribution in [0.5, 0.6) is 0 Å². The standard InChI is InChI=1S/C17H17NO2/c1-11-9-13(12-5-6-12)7-8-16(11)18-15-4-2-3-14(10-15)17(19)20/h2-4,7-10,12,18H,5-6H2,1H3,(H,19,20). The van der Waals surface area contributed by atoms with E-state index in [1.165, 1.54) is 24.0 Å². The highest BCUT2D eigenvalue weighted by Gasteiger charge is 2.23. The minimum atomic E-state index is -0.908. The Labute approximate surface area is 118 Å². The Morgan fingerprint density at radius 2 is 2.00 bits per heavy atom. The molecule has 20 heavy (non-hydrogen) atoms. The Morgan fingerprint density at radius 1 is 1.20 bits per heavy atom. The van der Waals surface area contributed by atoms with Gasteiger partial charge in [-0.15, -0.1) is 0 Å². The zero-order valence-corrected chi connectivity index (χ0v) is 11.4. The number of carboxylic acids is 1. The average molecular weight is 267 g/mol. The minimum absolute atomic E-state index is 0.294. The SMILES string of the molecule is Cc1cc(C2CC2)ccc1Nc1cccc(C(=O)O)c1. The summed E-state index contributed by atoms with van der Waals surface area (Å²) in [4.78, 5) is 11.0. The van der Waals surface area contributed by atoms with Crippen molar-refractivity contribution >= 4 is 17.3 Å². The fourth-order valence-electron chi connectivity index (χ4n) is 2.38. The van der Waals surface area contributed by atoms with Crippen LogP contribution in [-0.2, 0) is 0 Å². The van der Waals surface area contributed by atoms with Gasteiger partial charge in [0.1, 0.15) is 0 Å². The van der Waals surface area contributed by atoms with Gasteiger partial charge in [0.2, 0.25) is 0 Å². The molecule has 1 aliphatic rings. The Balaban J connectivity index is 1.83. The lowest BCUT2D eigenvalue weighted by atomic mass is 10.1. The third kappa shape index (κ3) is 2.67. The molecule has 2 N–H and O–H groups in total. The first-order valence-electron chi connectivity index (χ1n) is 6.84. The van der Waals surface area contributed by atoms with Crippen molar-refractivity contribution in [2.45, 2.75) is 25.7 Å². The summed E-state index contributed by atoms with van der Waals surface area (Å²) in [5.74, 6) is -0.160. The molecule has 2 aromatic rings. The van der Waals surface area contributed by atoms with Crippen LogP contribution in [0.1, 0.15) is 40.2 Å². The number of aromatic carboxylic acids is 1. The molecule has 0 atom stereocenters. The summed E-state index contributed by atoms with van der Waals surface area (Å²) in [7, 11) is 0. The molecule has 1 saturated carbocycles.